The van der Waals surface area contributed by atoms with Gasteiger partial charge in [0.15, 0.2) is 0 Å². The molecule has 2 aliphatic heterocycles. The molecule has 1 N–H and O–H groups in total. The Bertz CT molecular complexity index is 535. The molecule has 5 rings (SSSR count). The molecule has 2 bridgehead atoms. The number of thioether (sulfide) groups is 1. The Hall–Kier alpha value is -0.890. The van der Waals surface area contributed by atoms with Gasteiger partial charge in [-0.05, 0) is 43.2 Å². The van der Waals surface area contributed by atoms with E-state index in [-0.39, 0.29) is 0 Å². The zero-order valence-corrected chi connectivity index (χ0v) is 10.0. The van der Waals surface area contributed by atoms with Crippen LogP contribution in [-0.2, 0) is 0 Å². The molecule has 82 valence electrons. The molecule has 0 radical (unpaired) electrons. The summed E-state index contributed by atoms with van der Waals surface area (Å²) in [6.45, 7) is 0. The molecule has 0 atom stereocenters. The maximum Gasteiger partial charge on any atom is 0.0770 e. The van der Waals surface area contributed by atoms with Crippen molar-refractivity contribution in [3.8, 4) is 0 Å². The summed E-state index contributed by atoms with van der Waals surface area (Å²) in [6.07, 6.45) is 5.61. The second-order valence-corrected chi connectivity index (χ2v) is 6.32. The van der Waals surface area contributed by atoms with Gasteiger partial charge in [-0.2, -0.15) is 0 Å². The molecule has 1 nitrogen and oxygen atoms in total. The van der Waals surface area contributed by atoms with Crippen molar-refractivity contribution in [2.45, 2.75) is 41.9 Å². The molecular weight excluding hydrogens is 214 g/mol. The van der Waals surface area contributed by atoms with Gasteiger partial charge in [-0.15, -0.1) is 11.8 Å². The summed E-state index contributed by atoms with van der Waals surface area (Å²) >= 11 is 2.09. The normalized spacial score (nSPS) is 28.0. The Balaban J connectivity index is 2.01. The minimum Gasteiger partial charge on any atom is -0.349 e. The van der Waals surface area contributed by atoms with E-state index in [2.05, 4.69) is 41.0 Å². The van der Waals surface area contributed by atoms with Crippen molar-refractivity contribution in [2.24, 2.45) is 0 Å². The summed E-state index contributed by atoms with van der Waals surface area (Å²) in [4.78, 5) is 3.62. The van der Waals surface area contributed by atoms with Crippen LogP contribution in [0.15, 0.2) is 29.3 Å². The van der Waals surface area contributed by atoms with Crippen molar-refractivity contribution in [2.75, 3.05) is 0 Å². The zero-order chi connectivity index (χ0) is 10.5. The van der Waals surface area contributed by atoms with Crippen LogP contribution in [0, 0.1) is 0 Å². The average Bonchev–Trinajstić information content (AvgIpc) is 2.49. The second kappa shape index (κ2) is 3.30. The van der Waals surface area contributed by atoms with Gasteiger partial charge in [-0.25, -0.2) is 0 Å². The van der Waals surface area contributed by atoms with E-state index in [1.807, 2.05) is 0 Å². The van der Waals surface area contributed by atoms with Crippen LogP contribution in [0.1, 0.15) is 37.2 Å². The lowest BCUT2D eigenvalue weighted by molar-refractivity contribution is 0.459. The van der Waals surface area contributed by atoms with E-state index < -0.39 is 0 Å². The van der Waals surface area contributed by atoms with Gasteiger partial charge < -0.3 is 4.98 Å². The summed E-state index contributed by atoms with van der Waals surface area (Å²) in [7, 11) is 0. The zero-order valence-electron chi connectivity index (χ0n) is 9.20. The van der Waals surface area contributed by atoms with Crippen LogP contribution in [0.4, 0.5) is 0 Å². The molecule has 1 fully saturated rings. The number of fused-ring (bicyclic) bond motifs is 3. The van der Waals surface area contributed by atoms with E-state index >= 15 is 0 Å². The number of rotatable bonds is 0. The minimum absolute atomic E-state index is 0.817. The minimum atomic E-state index is 0.817. The van der Waals surface area contributed by atoms with Gasteiger partial charge >= 0.3 is 0 Å². The lowest BCUT2D eigenvalue weighted by Gasteiger charge is -2.22. The van der Waals surface area contributed by atoms with Crippen LogP contribution in [-0.4, -0.2) is 10.2 Å². The van der Waals surface area contributed by atoms with Crippen molar-refractivity contribution in [1.82, 2.24) is 4.98 Å². The van der Waals surface area contributed by atoms with Gasteiger partial charge in [-0.1, -0.05) is 18.2 Å². The largest absolute Gasteiger partial charge is 0.349 e. The number of aromatic amines is 1. The van der Waals surface area contributed by atoms with E-state index in [1.54, 1.807) is 5.56 Å². The fraction of sp³-hybridized carbons (Fsp3) is 0.429. The first-order valence-electron chi connectivity index (χ1n) is 6.19. The Morgan fingerprint density at radius 2 is 1.88 bits per heavy atom. The highest BCUT2D eigenvalue weighted by Gasteiger charge is 2.32. The van der Waals surface area contributed by atoms with Crippen LogP contribution in [0.25, 0.3) is 10.9 Å². The van der Waals surface area contributed by atoms with Gasteiger partial charge in [0.2, 0.25) is 0 Å². The van der Waals surface area contributed by atoms with Crippen LogP contribution in [0.3, 0.4) is 0 Å². The van der Waals surface area contributed by atoms with Crippen molar-refractivity contribution in [3.05, 3.63) is 29.8 Å². The van der Waals surface area contributed by atoms with E-state index in [0.717, 1.165) is 11.2 Å². The number of para-hydroxylation sites is 1. The maximum atomic E-state index is 3.62. The number of nitrogens with one attached hydrogen (secondary N) is 1. The van der Waals surface area contributed by atoms with Crippen molar-refractivity contribution < 1.29 is 0 Å². The molecule has 0 unspecified atom stereocenters. The molecule has 0 saturated heterocycles. The molecule has 0 amide bonds. The molecule has 3 aliphatic rings. The number of hydrogen-bond donors (Lipinski definition) is 1. The van der Waals surface area contributed by atoms with Crippen LogP contribution < -0.4 is 0 Å². The van der Waals surface area contributed by atoms with Crippen molar-refractivity contribution >= 4 is 22.7 Å². The highest BCUT2D eigenvalue weighted by atomic mass is 32.2. The third-order valence-corrected chi connectivity index (χ3v) is 5.44. The van der Waals surface area contributed by atoms with Gasteiger partial charge in [0.1, 0.15) is 0 Å². The SMILES string of the molecule is c1ccc2c3c([nH]c2c1)SC1CCC3CC1. The third kappa shape index (κ3) is 1.20. The van der Waals surface area contributed by atoms with Gasteiger partial charge in [0, 0.05) is 16.2 Å². The highest BCUT2D eigenvalue weighted by molar-refractivity contribution is 8.00. The molecule has 2 aromatic rings. The Morgan fingerprint density at radius 3 is 2.75 bits per heavy atom. The smallest absolute Gasteiger partial charge is 0.0770 e. The van der Waals surface area contributed by atoms with Crippen molar-refractivity contribution in [3.63, 3.8) is 0 Å². The third-order valence-electron chi connectivity index (χ3n) is 4.08. The Labute approximate surface area is 99.6 Å². The molecule has 16 heavy (non-hydrogen) atoms. The van der Waals surface area contributed by atoms with Crippen LogP contribution >= 0.6 is 11.8 Å². The monoisotopic (exact) mass is 229 g/mol. The molecule has 0 spiro atoms. The summed E-state index contributed by atoms with van der Waals surface area (Å²) in [5.74, 6) is 0.817. The topological polar surface area (TPSA) is 15.8 Å². The van der Waals surface area contributed by atoms with Crippen molar-refractivity contribution in [1.29, 1.82) is 0 Å². The number of aromatic nitrogens is 1. The fourth-order valence-corrected chi connectivity index (χ4v) is 4.69. The van der Waals surface area contributed by atoms with Crippen LogP contribution in [0.2, 0.25) is 0 Å². The molecule has 1 aromatic carbocycles. The number of H-pyrrole nitrogens is 1. The van der Waals surface area contributed by atoms with E-state index in [1.165, 1.54) is 41.6 Å². The maximum absolute atomic E-state index is 3.62. The predicted octanol–water partition coefficient (Wildman–Crippen LogP) is 4.30. The summed E-state index contributed by atoms with van der Waals surface area (Å²) in [5.41, 5.74) is 2.95. The lowest BCUT2D eigenvalue weighted by atomic mass is 9.84. The molecule has 1 aliphatic carbocycles. The second-order valence-electron chi connectivity index (χ2n) is 5.00. The van der Waals surface area contributed by atoms with Crippen LogP contribution in [0.5, 0.6) is 0 Å². The molecular formula is C14H15NS. The highest BCUT2D eigenvalue weighted by Crippen LogP contribution is 2.50. The summed E-state index contributed by atoms with van der Waals surface area (Å²) in [6, 6.07) is 8.78. The summed E-state index contributed by atoms with van der Waals surface area (Å²) < 4.78 is 0. The van der Waals surface area contributed by atoms with Gasteiger partial charge in [0.05, 0.1) is 5.03 Å². The Kier molecular flexibility index (Phi) is 1.89. The quantitative estimate of drug-likeness (QED) is 0.712. The average molecular weight is 229 g/mol. The van der Waals surface area contributed by atoms with E-state index in [9.17, 15) is 0 Å². The molecule has 2 heteroatoms. The first-order valence-corrected chi connectivity index (χ1v) is 7.07. The standard InChI is InChI=1S/C14H15NS/c1-2-4-12-11(3-1)13-9-5-7-10(8-6-9)16-14(13)15-12/h1-4,9-10,15H,5-8H2. The number of hydrogen-bond acceptors (Lipinski definition) is 1. The summed E-state index contributed by atoms with van der Waals surface area (Å²) in [5, 5.41) is 3.80. The number of benzene rings is 1. The van der Waals surface area contributed by atoms with Gasteiger partial charge in [0.25, 0.3) is 0 Å². The first kappa shape index (κ1) is 9.17. The van der Waals surface area contributed by atoms with E-state index in [4.69, 9.17) is 0 Å². The molecule has 3 heterocycles. The van der Waals surface area contributed by atoms with Gasteiger partial charge in [-0.3, -0.25) is 0 Å². The molecule has 1 saturated carbocycles. The fourth-order valence-electron chi connectivity index (χ4n) is 3.27. The first-order chi connectivity index (χ1) is 7.92. The predicted molar refractivity (Wildman–Crippen MR) is 69.2 cm³/mol. The van der Waals surface area contributed by atoms with E-state index in [0.29, 0.717) is 0 Å². The Morgan fingerprint density at radius 1 is 1.06 bits per heavy atom. The molecule has 1 aromatic heterocycles. The lowest BCUT2D eigenvalue weighted by Crippen LogP contribution is -2.10.